The van der Waals surface area contributed by atoms with Gasteiger partial charge in [-0.25, -0.2) is 12.7 Å². The van der Waals surface area contributed by atoms with Gasteiger partial charge in [0.1, 0.15) is 0 Å². The van der Waals surface area contributed by atoms with E-state index in [-0.39, 0.29) is 25.0 Å². The van der Waals surface area contributed by atoms with E-state index in [1.165, 1.54) is 10.6 Å². The predicted molar refractivity (Wildman–Crippen MR) is 91.1 cm³/mol. The van der Waals surface area contributed by atoms with Crippen molar-refractivity contribution >= 4 is 15.9 Å². The van der Waals surface area contributed by atoms with Gasteiger partial charge in [0.15, 0.2) is 0 Å². The van der Waals surface area contributed by atoms with Gasteiger partial charge in [-0.15, -0.1) is 0 Å². The smallest absolute Gasteiger partial charge is 0.254 e. The predicted octanol–water partition coefficient (Wildman–Crippen LogP) is 0.711. The first-order valence-corrected chi connectivity index (χ1v) is 10.0. The number of piperidine rings is 1. The van der Waals surface area contributed by atoms with Crippen molar-refractivity contribution in [2.75, 3.05) is 39.0 Å². The van der Waals surface area contributed by atoms with Gasteiger partial charge in [-0.2, -0.15) is 0 Å². The van der Waals surface area contributed by atoms with Crippen molar-refractivity contribution in [2.45, 2.75) is 13.3 Å². The Balaban J connectivity index is 1.84. The van der Waals surface area contributed by atoms with Crippen LogP contribution in [0.1, 0.15) is 22.3 Å². The van der Waals surface area contributed by atoms with Crippen LogP contribution in [-0.2, 0) is 10.0 Å². The second-order valence-corrected chi connectivity index (χ2v) is 9.09. The Morgan fingerprint density at radius 1 is 1.33 bits per heavy atom. The molecule has 2 atom stereocenters. The Morgan fingerprint density at radius 2 is 2.04 bits per heavy atom. The Hall–Kier alpha value is -1.44. The van der Waals surface area contributed by atoms with Crippen molar-refractivity contribution in [2.24, 2.45) is 11.3 Å². The molecule has 3 rings (SSSR count). The first-order chi connectivity index (χ1) is 11.3. The highest BCUT2D eigenvalue weighted by atomic mass is 32.2. The zero-order valence-corrected chi connectivity index (χ0v) is 14.9. The topological polar surface area (TPSA) is 77.9 Å². The number of aliphatic hydroxyl groups is 1. The molecule has 7 heteroatoms. The van der Waals surface area contributed by atoms with Crippen LogP contribution in [0.2, 0.25) is 0 Å². The number of likely N-dealkylation sites (tertiary alicyclic amines) is 1. The molecule has 2 heterocycles. The van der Waals surface area contributed by atoms with E-state index in [9.17, 15) is 18.3 Å². The number of carbonyl (C=O) groups is 1. The first-order valence-electron chi connectivity index (χ1n) is 8.18. The first kappa shape index (κ1) is 17.4. The molecular weight excluding hydrogens is 328 g/mol. The van der Waals surface area contributed by atoms with E-state index in [1.807, 2.05) is 31.2 Å². The van der Waals surface area contributed by atoms with Crippen LogP contribution in [0.4, 0.5) is 0 Å². The van der Waals surface area contributed by atoms with Crippen LogP contribution in [0.15, 0.2) is 24.3 Å². The molecule has 2 saturated heterocycles. The number of hydrogen-bond acceptors (Lipinski definition) is 4. The monoisotopic (exact) mass is 352 g/mol. The Morgan fingerprint density at radius 3 is 2.67 bits per heavy atom. The largest absolute Gasteiger partial charge is 0.396 e. The molecule has 1 aromatic rings. The van der Waals surface area contributed by atoms with Crippen molar-refractivity contribution in [3.8, 4) is 0 Å². The van der Waals surface area contributed by atoms with Crippen LogP contribution in [0.5, 0.6) is 0 Å². The molecule has 132 valence electrons. The van der Waals surface area contributed by atoms with Crippen LogP contribution in [-0.4, -0.2) is 67.7 Å². The Labute approximate surface area is 143 Å². The molecule has 0 radical (unpaired) electrons. The summed E-state index contributed by atoms with van der Waals surface area (Å²) < 4.78 is 25.2. The van der Waals surface area contributed by atoms with E-state index < -0.39 is 15.4 Å². The Kier molecular flexibility index (Phi) is 4.44. The molecule has 0 aliphatic carbocycles. The molecule has 1 amide bonds. The summed E-state index contributed by atoms with van der Waals surface area (Å²) in [4.78, 5) is 14.6. The number of sulfonamides is 1. The number of benzene rings is 1. The second-order valence-electron chi connectivity index (χ2n) is 7.10. The summed E-state index contributed by atoms with van der Waals surface area (Å²) in [6.07, 6.45) is 1.91. The summed E-state index contributed by atoms with van der Waals surface area (Å²) in [7, 11) is -3.29. The lowest BCUT2D eigenvalue weighted by Crippen LogP contribution is -2.52. The average Bonchev–Trinajstić information content (AvgIpc) is 2.94. The maximum Gasteiger partial charge on any atom is 0.254 e. The molecule has 0 spiro atoms. The highest BCUT2D eigenvalue weighted by Crippen LogP contribution is 2.43. The van der Waals surface area contributed by atoms with E-state index in [1.54, 1.807) is 4.90 Å². The fourth-order valence-electron chi connectivity index (χ4n) is 3.97. The number of rotatable bonds is 3. The number of amides is 1. The number of aryl methyl sites for hydroxylation is 1. The normalized spacial score (nSPS) is 28.0. The van der Waals surface area contributed by atoms with Gasteiger partial charge in [0.25, 0.3) is 5.91 Å². The van der Waals surface area contributed by atoms with E-state index in [0.29, 0.717) is 31.6 Å². The minimum absolute atomic E-state index is 0.0443. The third-order valence-corrected chi connectivity index (χ3v) is 6.70. The minimum Gasteiger partial charge on any atom is -0.396 e. The maximum atomic E-state index is 12.9. The molecule has 2 aliphatic heterocycles. The number of hydrogen-bond donors (Lipinski definition) is 1. The second kappa shape index (κ2) is 6.13. The average molecular weight is 352 g/mol. The summed E-state index contributed by atoms with van der Waals surface area (Å²) in [6.45, 7) is 3.50. The van der Waals surface area contributed by atoms with Crippen molar-refractivity contribution in [3.63, 3.8) is 0 Å². The van der Waals surface area contributed by atoms with Gasteiger partial charge in [-0.1, -0.05) is 18.2 Å². The third-order valence-electron chi connectivity index (χ3n) is 5.48. The summed E-state index contributed by atoms with van der Waals surface area (Å²) in [5.74, 6) is 0.0512. The molecule has 2 fully saturated rings. The van der Waals surface area contributed by atoms with Crippen molar-refractivity contribution in [3.05, 3.63) is 35.4 Å². The van der Waals surface area contributed by atoms with Gasteiger partial charge in [-0.05, 0) is 30.9 Å². The highest BCUT2D eigenvalue weighted by molar-refractivity contribution is 7.88. The lowest BCUT2D eigenvalue weighted by atomic mass is 9.74. The highest BCUT2D eigenvalue weighted by Gasteiger charge is 2.52. The van der Waals surface area contributed by atoms with Gasteiger partial charge >= 0.3 is 0 Å². The lowest BCUT2D eigenvalue weighted by Gasteiger charge is -2.43. The summed E-state index contributed by atoms with van der Waals surface area (Å²) in [6, 6.07) is 7.46. The molecule has 6 nitrogen and oxygen atoms in total. The van der Waals surface area contributed by atoms with Crippen molar-refractivity contribution in [1.82, 2.24) is 9.21 Å². The van der Waals surface area contributed by atoms with Crippen LogP contribution in [0, 0.1) is 18.3 Å². The quantitative estimate of drug-likeness (QED) is 0.869. The number of aliphatic hydroxyl groups excluding tert-OH is 1. The molecular formula is C17H24N2O4S. The van der Waals surface area contributed by atoms with E-state index in [4.69, 9.17) is 0 Å². The summed E-state index contributed by atoms with van der Waals surface area (Å²) in [5, 5.41) is 10.0. The molecule has 2 aliphatic rings. The van der Waals surface area contributed by atoms with E-state index >= 15 is 0 Å². The van der Waals surface area contributed by atoms with Gasteiger partial charge in [0, 0.05) is 37.2 Å². The Bertz CT molecular complexity index is 749. The standard InChI is InChI=1S/C17H24N2O4S/c1-13-5-3-4-6-15(13)16(21)18-8-7-14-9-19(24(2,22)23)11-17(14,10-18)12-20/h3-6,14,20H,7-12H2,1-2H3. The SMILES string of the molecule is Cc1ccccc1C(=O)N1CCC2CN(S(C)(=O)=O)CC2(CO)C1. The van der Waals surface area contributed by atoms with Crippen molar-refractivity contribution < 1.29 is 18.3 Å². The molecule has 2 unspecified atom stereocenters. The minimum atomic E-state index is -3.29. The molecule has 0 saturated carbocycles. The van der Waals surface area contributed by atoms with Gasteiger partial charge in [0.2, 0.25) is 10.0 Å². The number of fused-ring (bicyclic) bond motifs is 1. The summed E-state index contributed by atoms with van der Waals surface area (Å²) in [5.41, 5.74) is 1.04. The fraction of sp³-hybridized carbons (Fsp3) is 0.588. The zero-order valence-electron chi connectivity index (χ0n) is 14.1. The van der Waals surface area contributed by atoms with Gasteiger partial charge in [0.05, 0.1) is 12.9 Å². The lowest BCUT2D eigenvalue weighted by molar-refractivity contribution is 0.0129. The van der Waals surface area contributed by atoms with E-state index in [0.717, 1.165) is 5.56 Å². The molecule has 1 aromatic carbocycles. The molecule has 1 N–H and O–H groups in total. The van der Waals surface area contributed by atoms with Crippen molar-refractivity contribution in [1.29, 1.82) is 0 Å². The fourth-order valence-corrected chi connectivity index (χ4v) is 4.91. The van der Waals surface area contributed by atoms with Crippen LogP contribution >= 0.6 is 0 Å². The van der Waals surface area contributed by atoms with Gasteiger partial charge in [-0.3, -0.25) is 4.79 Å². The van der Waals surface area contributed by atoms with Crippen LogP contribution < -0.4 is 0 Å². The van der Waals surface area contributed by atoms with E-state index in [2.05, 4.69) is 0 Å². The molecule has 0 bridgehead atoms. The summed E-state index contributed by atoms with van der Waals surface area (Å²) >= 11 is 0. The van der Waals surface area contributed by atoms with Crippen LogP contribution in [0.25, 0.3) is 0 Å². The maximum absolute atomic E-state index is 12.9. The molecule has 0 aromatic heterocycles. The van der Waals surface area contributed by atoms with Crippen LogP contribution in [0.3, 0.4) is 0 Å². The number of carbonyl (C=O) groups excluding carboxylic acids is 1. The molecule has 24 heavy (non-hydrogen) atoms. The number of nitrogens with zero attached hydrogens (tertiary/aromatic N) is 2. The zero-order chi connectivity index (χ0) is 17.5. The third kappa shape index (κ3) is 2.96. The van der Waals surface area contributed by atoms with Gasteiger partial charge < -0.3 is 10.0 Å².